The minimum absolute atomic E-state index is 0.454. The Kier molecular flexibility index (Phi) is 2.49. The standard InChI is InChI=1S/C7H14O2/c1-8-6-3-4-7(5-6)9-2/h6-7H,3-5H2,1-2H3/t6-,7+. The molecule has 9 heavy (non-hydrogen) atoms. The zero-order chi connectivity index (χ0) is 6.69. The summed E-state index contributed by atoms with van der Waals surface area (Å²) in [6, 6.07) is 0. The van der Waals surface area contributed by atoms with Crippen LogP contribution in [0.5, 0.6) is 0 Å². The van der Waals surface area contributed by atoms with E-state index in [1.807, 2.05) is 0 Å². The van der Waals surface area contributed by atoms with Crippen LogP contribution in [0.15, 0.2) is 0 Å². The molecule has 1 aliphatic rings. The summed E-state index contributed by atoms with van der Waals surface area (Å²) in [5, 5.41) is 0. The predicted molar refractivity (Wildman–Crippen MR) is 35.4 cm³/mol. The Morgan fingerprint density at radius 3 is 1.67 bits per heavy atom. The van der Waals surface area contributed by atoms with Gasteiger partial charge < -0.3 is 9.47 Å². The highest BCUT2D eigenvalue weighted by atomic mass is 16.5. The van der Waals surface area contributed by atoms with Gasteiger partial charge in [0.2, 0.25) is 0 Å². The first-order valence-electron chi connectivity index (χ1n) is 3.42. The summed E-state index contributed by atoms with van der Waals surface area (Å²) in [5.74, 6) is 0. The van der Waals surface area contributed by atoms with E-state index >= 15 is 0 Å². The van der Waals surface area contributed by atoms with Crippen molar-refractivity contribution < 1.29 is 9.47 Å². The van der Waals surface area contributed by atoms with Crippen molar-refractivity contribution in [3.63, 3.8) is 0 Å². The van der Waals surface area contributed by atoms with Crippen LogP contribution in [0.3, 0.4) is 0 Å². The molecule has 0 amide bonds. The van der Waals surface area contributed by atoms with E-state index in [1.165, 1.54) is 0 Å². The lowest BCUT2D eigenvalue weighted by Gasteiger charge is -2.06. The largest absolute Gasteiger partial charge is 0.381 e. The van der Waals surface area contributed by atoms with Crippen molar-refractivity contribution in [2.24, 2.45) is 0 Å². The smallest absolute Gasteiger partial charge is 0.0597 e. The summed E-state index contributed by atoms with van der Waals surface area (Å²) in [6.07, 6.45) is 4.31. The molecule has 1 aliphatic carbocycles. The number of hydrogen-bond donors (Lipinski definition) is 0. The first-order valence-corrected chi connectivity index (χ1v) is 3.42. The number of rotatable bonds is 2. The number of methoxy groups -OCH3 is 2. The van der Waals surface area contributed by atoms with Crippen LogP contribution in [-0.4, -0.2) is 26.4 Å². The van der Waals surface area contributed by atoms with Gasteiger partial charge in [0.25, 0.3) is 0 Å². The first kappa shape index (κ1) is 7.03. The lowest BCUT2D eigenvalue weighted by molar-refractivity contribution is 0.0687. The van der Waals surface area contributed by atoms with E-state index in [9.17, 15) is 0 Å². The van der Waals surface area contributed by atoms with E-state index in [2.05, 4.69) is 0 Å². The molecule has 2 nitrogen and oxygen atoms in total. The van der Waals surface area contributed by atoms with E-state index in [1.54, 1.807) is 14.2 Å². The van der Waals surface area contributed by atoms with Gasteiger partial charge in [-0.1, -0.05) is 0 Å². The fourth-order valence-corrected chi connectivity index (χ4v) is 1.33. The van der Waals surface area contributed by atoms with Crippen LogP contribution in [0.1, 0.15) is 19.3 Å². The van der Waals surface area contributed by atoms with Crippen molar-refractivity contribution >= 4 is 0 Å². The molecule has 1 rings (SSSR count). The van der Waals surface area contributed by atoms with E-state index in [0.29, 0.717) is 12.2 Å². The molecule has 0 aromatic heterocycles. The summed E-state index contributed by atoms with van der Waals surface area (Å²) in [6.45, 7) is 0. The van der Waals surface area contributed by atoms with Crippen LogP contribution in [-0.2, 0) is 9.47 Å². The van der Waals surface area contributed by atoms with Crippen molar-refractivity contribution in [2.75, 3.05) is 14.2 Å². The maximum Gasteiger partial charge on any atom is 0.0597 e. The molecule has 0 aromatic carbocycles. The molecule has 0 heterocycles. The molecule has 1 fully saturated rings. The molecule has 0 aliphatic heterocycles. The Hall–Kier alpha value is -0.0800. The summed E-state index contributed by atoms with van der Waals surface area (Å²) < 4.78 is 10.3. The monoisotopic (exact) mass is 130 g/mol. The number of ether oxygens (including phenoxy) is 2. The van der Waals surface area contributed by atoms with Gasteiger partial charge in [0.1, 0.15) is 0 Å². The molecular weight excluding hydrogens is 116 g/mol. The van der Waals surface area contributed by atoms with Crippen molar-refractivity contribution in [2.45, 2.75) is 31.5 Å². The fraction of sp³-hybridized carbons (Fsp3) is 1.00. The van der Waals surface area contributed by atoms with Crippen molar-refractivity contribution in [1.29, 1.82) is 0 Å². The Morgan fingerprint density at radius 2 is 1.44 bits per heavy atom. The third-order valence-electron chi connectivity index (χ3n) is 2.00. The van der Waals surface area contributed by atoms with E-state index < -0.39 is 0 Å². The van der Waals surface area contributed by atoms with Gasteiger partial charge in [-0.3, -0.25) is 0 Å². The zero-order valence-corrected chi connectivity index (χ0v) is 6.09. The minimum Gasteiger partial charge on any atom is -0.381 e. The molecular formula is C7H14O2. The Labute approximate surface area is 56.2 Å². The Bertz CT molecular complexity index is 73.0. The van der Waals surface area contributed by atoms with Crippen LogP contribution < -0.4 is 0 Å². The maximum absolute atomic E-state index is 5.16. The van der Waals surface area contributed by atoms with Crippen molar-refractivity contribution in [1.82, 2.24) is 0 Å². The second kappa shape index (κ2) is 3.18. The third-order valence-corrected chi connectivity index (χ3v) is 2.00. The van der Waals surface area contributed by atoms with Gasteiger partial charge in [0, 0.05) is 14.2 Å². The van der Waals surface area contributed by atoms with Gasteiger partial charge >= 0.3 is 0 Å². The minimum atomic E-state index is 0.454. The SMILES string of the molecule is CO[C@@H]1CC[C@H](OC)C1. The quantitative estimate of drug-likeness (QED) is 0.559. The highest BCUT2D eigenvalue weighted by molar-refractivity contribution is 4.75. The van der Waals surface area contributed by atoms with Gasteiger partial charge in [0.15, 0.2) is 0 Å². The second-order valence-electron chi connectivity index (χ2n) is 2.53. The van der Waals surface area contributed by atoms with Crippen LogP contribution in [0.2, 0.25) is 0 Å². The molecule has 0 radical (unpaired) electrons. The number of hydrogen-bond acceptors (Lipinski definition) is 2. The van der Waals surface area contributed by atoms with Crippen LogP contribution in [0.25, 0.3) is 0 Å². The molecule has 0 aromatic rings. The Balaban J connectivity index is 2.20. The highest BCUT2D eigenvalue weighted by Crippen LogP contribution is 2.22. The zero-order valence-electron chi connectivity index (χ0n) is 6.09. The lowest BCUT2D eigenvalue weighted by atomic mass is 10.3. The topological polar surface area (TPSA) is 18.5 Å². The molecule has 2 heteroatoms. The highest BCUT2D eigenvalue weighted by Gasteiger charge is 2.23. The molecule has 2 atom stereocenters. The molecule has 0 unspecified atom stereocenters. The summed E-state index contributed by atoms with van der Waals surface area (Å²) in [5.41, 5.74) is 0. The van der Waals surface area contributed by atoms with Gasteiger partial charge in [0.05, 0.1) is 12.2 Å². The van der Waals surface area contributed by atoms with E-state index in [4.69, 9.17) is 9.47 Å². The van der Waals surface area contributed by atoms with Crippen molar-refractivity contribution in [3.8, 4) is 0 Å². The summed E-state index contributed by atoms with van der Waals surface area (Å²) in [7, 11) is 3.53. The van der Waals surface area contributed by atoms with Gasteiger partial charge in [-0.2, -0.15) is 0 Å². The van der Waals surface area contributed by atoms with Crippen LogP contribution in [0.4, 0.5) is 0 Å². The normalized spacial score (nSPS) is 35.3. The lowest BCUT2D eigenvalue weighted by Crippen LogP contribution is -2.08. The molecule has 1 saturated carbocycles. The average molecular weight is 130 g/mol. The molecule has 0 N–H and O–H groups in total. The van der Waals surface area contributed by atoms with Gasteiger partial charge in [-0.05, 0) is 19.3 Å². The van der Waals surface area contributed by atoms with E-state index in [0.717, 1.165) is 19.3 Å². The van der Waals surface area contributed by atoms with Crippen LogP contribution >= 0.6 is 0 Å². The first-order chi connectivity index (χ1) is 4.36. The predicted octanol–water partition coefficient (Wildman–Crippen LogP) is 1.20. The van der Waals surface area contributed by atoms with Crippen LogP contribution in [0, 0.1) is 0 Å². The molecule has 0 saturated heterocycles. The van der Waals surface area contributed by atoms with Gasteiger partial charge in [-0.25, -0.2) is 0 Å². The average Bonchev–Trinajstić information content (AvgIpc) is 2.34. The third kappa shape index (κ3) is 1.66. The summed E-state index contributed by atoms with van der Waals surface area (Å²) >= 11 is 0. The maximum atomic E-state index is 5.16. The second-order valence-corrected chi connectivity index (χ2v) is 2.53. The van der Waals surface area contributed by atoms with Gasteiger partial charge in [-0.15, -0.1) is 0 Å². The molecule has 0 bridgehead atoms. The Morgan fingerprint density at radius 1 is 1.00 bits per heavy atom. The van der Waals surface area contributed by atoms with E-state index in [-0.39, 0.29) is 0 Å². The molecule has 0 spiro atoms. The van der Waals surface area contributed by atoms with Crippen molar-refractivity contribution in [3.05, 3.63) is 0 Å². The molecule has 54 valence electrons. The summed E-state index contributed by atoms with van der Waals surface area (Å²) in [4.78, 5) is 0. The fourth-order valence-electron chi connectivity index (χ4n) is 1.33.